The third-order valence-electron chi connectivity index (χ3n) is 13.1. The van der Waals surface area contributed by atoms with E-state index in [1.165, 1.54) is 257 Å². The van der Waals surface area contributed by atoms with Gasteiger partial charge in [-0.25, -0.2) is 0 Å². The Morgan fingerprint density at radius 2 is 0.683 bits per heavy atom. The summed E-state index contributed by atoms with van der Waals surface area (Å²) in [5, 5.41) is 33.5. The van der Waals surface area contributed by atoms with Crippen LogP contribution in [0.2, 0.25) is 0 Å². The predicted octanol–water partition coefficient (Wildman–Crippen LogP) is 16.7. The molecule has 0 spiro atoms. The molecular weight excluding hydrogens is 739 g/mol. The number of unbranched alkanes of at least 4 members (excludes halogenated alkanes) is 42. The van der Waals surface area contributed by atoms with Crippen molar-refractivity contribution in [2.75, 3.05) is 6.61 Å². The van der Waals surface area contributed by atoms with Gasteiger partial charge >= 0.3 is 0 Å². The summed E-state index contributed by atoms with van der Waals surface area (Å²) in [5.74, 6) is -0.308. The molecule has 5 heteroatoms. The predicted molar refractivity (Wildman–Crippen MR) is 264 cm³/mol. The van der Waals surface area contributed by atoms with Crippen LogP contribution >= 0.6 is 0 Å². The van der Waals surface area contributed by atoms with Crippen LogP contribution in [0.5, 0.6) is 0 Å². The molecule has 5 nitrogen and oxygen atoms in total. The van der Waals surface area contributed by atoms with E-state index in [1.54, 1.807) is 6.08 Å². The number of allylic oxidation sites excluding steroid dienone is 1. The third-order valence-corrected chi connectivity index (χ3v) is 13.1. The van der Waals surface area contributed by atoms with Crippen LogP contribution in [0.1, 0.15) is 309 Å². The zero-order valence-corrected chi connectivity index (χ0v) is 40.9. The van der Waals surface area contributed by atoms with Crippen LogP contribution in [0, 0.1) is 0 Å². The molecule has 1 amide bonds. The summed E-state index contributed by atoms with van der Waals surface area (Å²) in [4.78, 5) is 12.5. The van der Waals surface area contributed by atoms with Crippen LogP contribution in [0.15, 0.2) is 12.2 Å². The zero-order valence-electron chi connectivity index (χ0n) is 40.9. The first kappa shape index (κ1) is 59.1. The van der Waals surface area contributed by atoms with Gasteiger partial charge in [0.1, 0.15) is 0 Å². The number of carbonyl (C=O) groups is 1. The summed E-state index contributed by atoms with van der Waals surface area (Å²) < 4.78 is 0. The normalized spacial score (nSPS) is 13.3. The first-order valence-electron chi connectivity index (χ1n) is 27.5. The second kappa shape index (κ2) is 50.7. The monoisotopic (exact) mass is 848 g/mol. The molecule has 0 aromatic carbocycles. The molecule has 0 aliphatic carbocycles. The Morgan fingerprint density at radius 3 is 0.967 bits per heavy atom. The highest BCUT2D eigenvalue weighted by Crippen LogP contribution is 2.18. The first-order valence-corrected chi connectivity index (χ1v) is 27.5. The van der Waals surface area contributed by atoms with E-state index in [0.29, 0.717) is 6.42 Å². The van der Waals surface area contributed by atoms with Crippen LogP contribution < -0.4 is 5.32 Å². The minimum absolute atomic E-state index is 0.0194. The molecule has 0 aromatic heterocycles. The van der Waals surface area contributed by atoms with Crippen LogP contribution in [-0.4, -0.2) is 46.1 Å². The molecule has 0 heterocycles. The average Bonchev–Trinajstić information content (AvgIpc) is 3.24. The van der Waals surface area contributed by atoms with Crippen LogP contribution in [0.3, 0.4) is 0 Å². The van der Waals surface area contributed by atoms with E-state index in [9.17, 15) is 20.1 Å². The Morgan fingerprint density at radius 1 is 0.417 bits per heavy atom. The molecule has 3 unspecified atom stereocenters. The standard InChI is InChI=1S/C55H109NO4/c1-3-5-7-9-11-13-15-17-19-21-23-25-26-27-29-31-33-35-37-39-41-43-45-47-49-54(59)53(51-57)56-55(60)50-52(58)48-46-44-42-40-38-36-34-32-30-28-24-22-20-18-16-14-12-10-8-6-4-2/h47,49,52-54,57-59H,3-46,48,50-51H2,1-2H3,(H,56,60)/b49-47+. The van der Waals surface area contributed by atoms with Gasteiger partial charge in [0.15, 0.2) is 0 Å². The number of rotatable bonds is 51. The number of hydrogen-bond donors (Lipinski definition) is 4. The van der Waals surface area contributed by atoms with Crippen molar-refractivity contribution in [3.8, 4) is 0 Å². The maximum atomic E-state index is 12.5. The van der Waals surface area contributed by atoms with E-state index in [0.717, 1.165) is 25.7 Å². The van der Waals surface area contributed by atoms with E-state index in [2.05, 4.69) is 19.2 Å². The third kappa shape index (κ3) is 46.6. The van der Waals surface area contributed by atoms with Crippen molar-refractivity contribution in [1.29, 1.82) is 0 Å². The summed E-state index contributed by atoms with van der Waals surface area (Å²) in [7, 11) is 0. The minimum Gasteiger partial charge on any atom is -0.394 e. The molecule has 3 atom stereocenters. The molecule has 0 aliphatic heterocycles. The number of aliphatic hydroxyl groups is 3. The number of hydrogen-bond acceptors (Lipinski definition) is 4. The molecule has 0 fully saturated rings. The molecule has 0 saturated heterocycles. The number of aliphatic hydroxyl groups excluding tert-OH is 3. The van der Waals surface area contributed by atoms with Gasteiger partial charge in [0, 0.05) is 0 Å². The number of nitrogens with one attached hydrogen (secondary N) is 1. The highest BCUT2D eigenvalue weighted by molar-refractivity contribution is 5.76. The van der Waals surface area contributed by atoms with Gasteiger partial charge in [-0.2, -0.15) is 0 Å². The lowest BCUT2D eigenvalue weighted by atomic mass is 10.0. The van der Waals surface area contributed by atoms with Gasteiger partial charge in [0.2, 0.25) is 5.91 Å². The fraction of sp³-hybridized carbons (Fsp3) is 0.945. The van der Waals surface area contributed by atoms with Crippen molar-refractivity contribution in [2.24, 2.45) is 0 Å². The topological polar surface area (TPSA) is 89.8 Å². The Labute approximate surface area is 376 Å². The van der Waals surface area contributed by atoms with Gasteiger partial charge in [-0.05, 0) is 19.3 Å². The Bertz CT molecular complexity index is 848. The Balaban J connectivity index is 3.55. The van der Waals surface area contributed by atoms with E-state index in [1.807, 2.05) is 6.08 Å². The Hall–Kier alpha value is -0.910. The quantitative estimate of drug-likeness (QED) is 0.0363. The van der Waals surface area contributed by atoms with Gasteiger partial charge in [-0.3, -0.25) is 4.79 Å². The van der Waals surface area contributed by atoms with Crippen molar-refractivity contribution < 1.29 is 20.1 Å². The van der Waals surface area contributed by atoms with Crippen LogP contribution in [-0.2, 0) is 4.79 Å². The SMILES string of the molecule is CCCCCCCCCCCCCCCCCCCCCCCC/C=C/C(O)C(CO)NC(=O)CC(O)CCCCCCCCCCCCCCCCCCCCCCC. The molecule has 0 rings (SSSR count). The van der Waals surface area contributed by atoms with Gasteiger partial charge in [0.05, 0.1) is 31.3 Å². The summed E-state index contributed by atoms with van der Waals surface area (Å²) in [6, 6.07) is -0.741. The summed E-state index contributed by atoms with van der Waals surface area (Å²) in [6.07, 6.45) is 62.5. The van der Waals surface area contributed by atoms with Crippen molar-refractivity contribution in [3.05, 3.63) is 12.2 Å². The lowest BCUT2D eigenvalue weighted by Crippen LogP contribution is -2.45. The maximum Gasteiger partial charge on any atom is 0.222 e. The number of amides is 1. The number of carbonyl (C=O) groups excluding carboxylic acids is 1. The zero-order chi connectivity index (χ0) is 43.7. The molecule has 0 radical (unpaired) electrons. The lowest BCUT2D eigenvalue weighted by molar-refractivity contribution is -0.124. The fourth-order valence-electron chi connectivity index (χ4n) is 8.87. The molecule has 60 heavy (non-hydrogen) atoms. The van der Waals surface area contributed by atoms with Crippen LogP contribution in [0.4, 0.5) is 0 Å². The average molecular weight is 848 g/mol. The second-order valence-corrected chi connectivity index (χ2v) is 19.2. The summed E-state index contributed by atoms with van der Waals surface area (Å²) >= 11 is 0. The smallest absolute Gasteiger partial charge is 0.222 e. The molecule has 0 saturated carbocycles. The van der Waals surface area contributed by atoms with Crippen molar-refractivity contribution in [1.82, 2.24) is 5.32 Å². The van der Waals surface area contributed by atoms with Crippen molar-refractivity contribution >= 4 is 5.91 Å². The first-order chi connectivity index (χ1) is 29.5. The molecule has 0 aromatic rings. The van der Waals surface area contributed by atoms with E-state index in [-0.39, 0.29) is 18.9 Å². The summed E-state index contributed by atoms with van der Waals surface area (Å²) in [5.41, 5.74) is 0. The highest BCUT2D eigenvalue weighted by Gasteiger charge is 2.20. The fourth-order valence-corrected chi connectivity index (χ4v) is 8.87. The molecule has 0 bridgehead atoms. The van der Waals surface area contributed by atoms with Crippen LogP contribution in [0.25, 0.3) is 0 Å². The lowest BCUT2D eigenvalue weighted by Gasteiger charge is -2.21. The molecule has 0 aliphatic rings. The van der Waals surface area contributed by atoms with E-state index >= 15 is 0 Å². The van der Waals surface area contributed by atoms with E-state index in [4.69, 9.17) is 0 Å². The van der Waals surface area contributed by atoms with Gasteiger partial charge in [-0.15, -0.1) is 0 Å². The Kier molecular flexibility index (Phi) is 50.0. The van der Waals surface area contributed by atoms with Gasteiger partial charge in [-0.1, -0.05) is 296 Å². The highest BCUT2D eigenvalue weighted by atomic mass is 16.3. The van der Waals surface area contributed by atoms with Crippen molar-refractivity contribution in [2.45, 2.75) is 327 Å². The molecule has 358 valence electrons. The minimum atomic E-state index is -0.926. The van der Waals surface area contributed by atoms with E-state index < -0.39 is 18.2 Å². The molecular formula is C55H109NO4. The van der Waals surface area contributed by atoms with Gasteiger partial charge < -0.3 is 20.6 Å². The van der Waals surface area contributed by atoms with Gasteiger partial charge in [0.25, 0.3) is 0 Å². The molecule has 4 N–H and O–H groups in total. The maximum absolute atomic E-state index is 12.5. The van der Waals surface area contributed by atoms with Crippen molar-refractivity contribution in [3.63, 3.8) is 0 Å². The largest absolute Gasteiger partial charge is 0.394 e. The summed E-state index contributed by atoms with van der Waals surface area (Å²) in [6.45, 7) is 4.26. The second-order valence-electron chi connectivity index (χ2n) is 19.2.